The van der Waals surface area contributed by atoms with Crippen LogP contribution in [0.2, 0.25) is 0 Å². The number of hydrazine groups is 1. The highest BCUT2D eigenvalue weighted by molar-refractivity contribution is 8.13. The van der Waals surface area contributed by atoms with E-state index in [-0.39, 0.29) is 6.17 Å². The van der Waals surface area contributed by atoms with Crippen molar-refractivity contribution < 1.29 is 0 Å². The van der Waals surface area contributed by atoms with Crippen LogP contribution in [0.5, 0.6) is 0 Å². The average Bonchev–Trinajstić information content (AvgIpc) is 3.34. The number of rotatable bonds is 3. The van der Waals surface area contributed by atoms with Crippen molar-refractivity contribution in [1.29, 1.82) is 0 Å². The normalized spacial score (nSPS) is 24.5. The number of nitrogens with one attached hydrogen (secondary N) is 2. The van der Waals surface area contributed by atoms with Gasteiger partial charge in [-0.2, -0.15) is 5.10 Å². The zero-order valence-corrected chi connectivity index (χ0v) is 18.8. The van der Waals surface area contributed by atoms with Gasteiger partial charge in [0, 0.05) is 18.2 Å². The fourth-order valence-corrected chi connectivity index (χ4v) is 5.31. The molecular formula is C24H29N5S. The highest BCUT2D eigenvalue weighted by atomic mass is 32.2. The molecule has 0 bridgehead atoms. The molecule has 3 aliphatic heterocycles. The molecule has 6 heteroatoms. The second kappa shape index (κ2) is 7.67. The molecule has 30 heavy (non-hydrogen) atoms. The predicted octanol–water partition coefficient (Wildman–Crippen LogP) is 4.46. The van der Waals surface area contributed by atoms with Crippen LogP contribution in [-0.2, 0) is 5.75 Å². The Morgan fingerprint density at radius 3 is 2.50 bits per heavy atom. The van der Waals surface area contributed by atoms with Gasteiger partial charge < -0.3 is 9.91 Å². The van der Waals surface area contributed by atoms with E-state index < -0.39 is 0 Å². The number of fused-ring (bicyclic) bond motifs is 3. The van der Waals surface area contributed by atoms with E-state index in [0.717, 1.165) is 17.3 Å². The van der Waals surface area contributed by atoms with Crippen LogP contribution < -0.4 is 10.9 Å². The van der Waals surface area contributed by atoms with E-state index in [9.17, 15) is 0 Å². The SMILES string of the molecule is Cc1ccc(CSC2=NNC3C4CC(c5ccc(C)c(C)c5)NN4C=CN23)cc1C. The van der Waals surface area contributed by atoms with Crippen molar-refractivity contribution in [2.24, 2.45) is 5.10 Å². The van der Waals surface area contributed by atoms with E-state index in [1.807, 2.05) is 0 Å². The van der Waals surface area contributed by atoms with Crippen LogP contribution in [0.1, 0.15) is 45.8 Å². The summed E-state index contributed by atoms with van der Waals surface area (Å²) in [5.41, 5.74) is 15.1. The number of hydrogen-bond acceptors (Lipinski definition) is 6. The highest BCUT2D eigenvalue weighted by Crippen LogP contribution is 2.36. The summed E-state index contributed by atoms with van der Waals surface area (Å²) in [5, 5.41) is 7.96. The van der Waals surface area contributed by atoms with Crippen molar-refractivity contribution in [3.63, 3.8) is 0 Å². The van der Waals surface area contributed by atoms with Gasteiger partial charge in [-0.15, -0.1) is 0 Å². The predicted molar refractivity (Wildman–Crippen MR) is 125 cm³/mol. The van der Waals surface area contributed by atoms with Crippen molar-refractivity contribution in [2.75, 3.05) is 0 Å². The Morgan fingerprint density at radius 2 is 1.73 bits per heavy atom. The van der Waals surface area contributed by atoms with Gasteiger partial charge in [0.15, 0.2) is 5.17 Å². The standard InChI is InChI=1S/C24H29N5S/c1-15-5-7-19(11-17(15)3)14-30-24-26-25-23-22-13-21(27-29(22)10-9-28(23)24)20-8-6-16(2)18(4)12-20/h5-12,21-23,25,27H,13-14H2,1-4H3. The van der Waals surface area contributed by atoms with E-state index in [4.69, 9.17) is 0 Å². The first kappa shape index (κ1) is 19.5. The van der Waals surface area contributed by atoms with Crippen LogP contribution in [0.25, 0.3) is 0 Å². The summed E-state index contributed by atoms with van der Waals surface area (Å²) >= 11 is 1.80. The monoisotopic (exact) mass is 419 g/mol. The Labute approximate surface area is 183 Å². The highest BCUT2D eigenvalue weighted by Gasteiger charge is 2.44. The maximum absolute atomic E-state index is 4.67. The fraction of sp³-hybridized carbons (Fsp3) is 0.375. The molecule has 0 aromatic heterocycles. The van der Waals surface area contributed by atoms with Crippen molar-refractivity contribution in [3.05, 3.63) is 82.2 Å². The molecule has 0 saturated carbocycles. The molecule has 0 amide bonds. The summed E-state index contributed by atoms with van der Waals surface area (Å²) in [6.07, 6.45) is 5.51. The molecule has 0 radical (unpaired) electrons. The summed E-state index contributed by atoms with van der Waals surface area (Å²) in [5.74, 6) is 0.927. The number of aryl methyl sites for hydroxylation is 4. The first-order valence-corrected chi connectivity index (χ1v) is 11.6. The van der Waals surface area contributed by atoms with E-state index in [0.29, 0.717) is 12.1 Å². The minimum Gasteiger partial charge on any atom is -0.306 e. The Balaban J connectivity index is 1.26. The minimum atomic E-state index is 0.168. The summed E-state index contributed by atoms with van der Waals surface area (Å²) < 4.78 is 0. The third-order valence-corrected chi connectivity index (χ3v) is 7.62. The third kappa shape index (κ3) is 3.48. The lowest BCUT2D eigenvalue weighted by molar-refractivity contribution is 0.152. The molecule has 3 atom stereocenters. The van der Waals surface area contributed by atoms with Crippen molar-refractivity contribution in [1.82, 2.24) is 20.8 Å². The molecule has 3 heterocycles. The molecule has 1 fully saturated rings. The van der Waals surface area contributed by atoms with Crippen LogP contribution in [0.15, 0.2) is 53.9 Å². The summed E-state index contributed by atoms with van der Waals surface area (Å²) in [6.45, 7) is 8.69. The van der Waals surface area contributed by atoms with Gasteiger partial charge in [-0.25, -0.2) is 5.43 Å². The second-order valence-electron chi connectivity index (χ2n) is 8.62. The number of thioether (sulfide) groups is 1. The quantitative estimate of drug-likeness (QED) is 0.769. The van der Waals surface area contributed by atoms with E-state index >= 15 is 0 Å². The zero-order chi connectivity index (χ0) is 20.8. The van der Waals surface area contributed by atoms with Gasteiger partial charge in [-0.1, -0.05) is 48.2 Å². The Bertz CT molecular complexity index is 1030. The van der Waals surface area contributed by atoms with Crippen molar-refractivity contribution in [3.8, 4) is 0 Å². The lowest BCUT2D eigenvalue weighted by atomic mass is 9.97. The van der Waals surface area contributed by atoms with Crippen LogP contribution in [0.3, 0.4) is 0 Å². The number of amidine groups is 1. The summed E-state index contributed by atoms with van der Waals surface area (Å²) in [7, 11) is 0. The van der Waals surface area contributed by atoms with Crippen LogP contribution in [0, 0.1) is 27.7 Å². The molecule has 5 nitrogen and oxygen atoms in total. The number of nitrogens with zero attached hydrogens (tertiary/aromatic N) is 3. The molecule has 3 unspecified atom stereocenters. The van der Waals surface area contributed by atoms with E-state index in [1.165, 1.54) is 33.4 Å². The molecule has 2 aromatic carbocycles. The molecular weight excluding hydrogens is 390 g/mol. The lowest BCUT2D eigenvalue weighted by Crippen LogP contribution is -2.54. The average molecular weight is 420 g/mol. The van der Waals surface area contributed by atoms with Crippen LogP contribution in [-0.4, -0.2) is 27.3 Å². The van der Waals surface area contributed by atoms with Gasteiger partial charge in [0.25, 0.3) is 0 Å². The molecule has 2 aromatic rings. The molecule has 1 saturated heterocycles. The van der Waals surface area contributed by atoms with Gasteiger partial charge in [0.1, 0.15) is 6.17 Å². The zero-order valence-electron chi connectivity index (χ0n) is 18.0. The van der Waals surface area contributed by atoms with Gasteiger partial charge in [-0.3, -0.25) is 5.43 Å². The van der Waals surface area contributed by atoms with Gasteiger partial charge in [-0.05, 0) is 67.5 Å². The molecule has 5 rings (SSSR count). The van der Waals surface area contributed by atoms with E-state index in [1.54, 1.807) is 11.8 Å². The molecule has 3 aliphatic rings. The maximum Gasteiger partial charge on any atom is 0.189 e. The largest absolute Gasteiger partial charge is 0.306 e. The van der Waals surface area contributed by atoms with Crippen LogP contribution in [0.4, 0.5) is 0 Å². The lowest BCUT2D eigenvalue weighted by Gasteiger charge is -2.36. The first-order valence-electron chi connectivity index (χ1n) is 10.6. The fourth-order valence-electron chi connectivity index (χ4n) is 4.39. The number of hydrogen-bond donors (Lipinski definition) is 2. The first-order chi connectivity index (χ1) is 14.5. The van der Waals surface area contributed by atoms with Gasteiger partial charge in [0.05, 0.1) is 12.1 Å². The summed E-state index contributed by atoms with van der Waals surface area (Å²) in [4.78, 5) is 2.29. The number of hydrazone groups is 1. The second-order valence-corrected chi connectivity index (χ2v) is 9.56. The van der Waals surface area contributed by atoms with E-state index in [2.05, 4.69) is 102 Å². The van der Waals surface area contributed by atoms with Crippen LogP contribution >= 0.6 is 11.8 Å². The smallest absolute Gasteiger partial charge is 0.189 e. The Morgan fingerprint density at radius 1 is 0.967 bits per heavy atom. The maximum atomic E-state index is 4.67. The minimum absolute atomic E-state index is 0.168. The van der Waals surface area contributed by atoms with Crippen molar-refractivity contribution in [2.45, 2.75) is 58.1 Å². The van der Waals surface area contributed by atoms with Crippen molar-refractivity contribution >= 4 is 16.9 Å². The van der Waals surface area contributed by atoms with Gasteiger partial charge in [0.2, 0.25) is 0 Å². The molecule has 0 aliphatic carbocycles. The molecule has 2 N–H and O–H groups in total. The molecule has 0 spiro atoms. The Kier molecular flexibility index (Phi) is 4.99. The third-order valence-electron chi connectivity index (χ3n) is 6.58. The van der Waals surface area contributed by atoms with Gasteiger partial charge >= 0.3 is 0 Å². The topological polar surface area (TPSA) is 42.9 Å². The number of benzene rings is 2. The Hall–Kier alpha value is -2.44. The molecule has 156 valence electrons. The summed E-state index contributed by atoms with van der Waals surface area (Å²) in [6, 6.07) is 14.2.